The van der Waals surface area contributed by atoms with Crippen molar-refractivity contribution in [3.63, 3.8) is 0 Å². The van der Waals surface area contributed by atoms with Gasteiger partial charge in [0.15, 0.2) is 12.7 Å². The third kappa shape index (κ3) is 6.01. The first-order chi connectivity index (χ1) is 16.2. The van der Waals surface area contributed by atoms with Crippen LogP contribution in [0.5, 0.6) is 0 Å². The quantitative estimate of drug-likeness (QED) is 0.455. The molecule has 0 saturated heterocycles. The van der Waals surface area contributed by atoms with Gasteiger partial charge in [-0.05, 0) is 53.0 Å². The van der Waals surface area contributed by atoms with Gasteiger partial charge in [0.1, 0.15) is 0 Å². The average molecular weight is 460 g/mol. The predicted molar refractivity (Wildman–Crippen MR) is 144 cm³/mol. The van der Waals surface area contributed by atoms with Crippen LogP contribution in [0.1, 0.15) is 66.7 Å². The van der Waals surface area contributed by atoms with Crippen molar-refractivity contribution in [1.29, 1.82) is 0 Å². The van der Waals surface area contributed by atoms with Crippen LogP contribution in [0.15, 0.2) is 48.0 Å². The summed E-state index contributed by atoms with van der Waals surface area (Å²) in [7, 11) is 0. The zero-order chi connectivity index (χ0) is 24.8. The molecule has 1 unspecified atom stereocenters. The van der Waals surface area contributed by atoms with E-state index in [0.717, 1.165) is 58.6 Å². The molecule has 0 bridgehead atoms. The molecule has 2 aromatic carbocycles. The smallest absolute Gasteiger partial charge is 0.335 e. The van der Waals surface area contributed by atoms with Crippen LogP contribution in [-0.2, 0) is 19.3 Å². The summed E-state index contributed by atoms with van der Waals surface area (Å²) in [6.07, 6.45) is 3.83. The molecular weight excluding hydrogens is 423 g/mol. The SMILES string of the molecule is C=C(NC1Cc2cccc(C(=O)O)c2CB1CC)c1ccc2c(c1)NC(N)=NC2.CCC(C)C. The number of rotatable bonds is 6. The molecular formula is C27H37BN4O2. The van der Waals surface area contributed by atoms with Crippen molar-refractivity contribution >= 4 is 30.0 Å². The topological polar surface area (TPSA) is 99.7 Å². The maximum atomic E-state index is 11.6. The van der Waals surface area contributed by atoms with Crippen molar-refractivity contribution in [2.24, 2.45) is 16.6 Å². The molecule has 2 aliphatic heterocycles. The van der Waals surface area contributed by atoms with Gasteiger partial charge in [-0.1, -0.05) is 71.3 Å². The van der Waals surface area contributed by atoms with E-state index in [4.69, 9.17) is 5.73 Å². The normalized spacial score (nSPS) is 16.3. The highest BCUT2D eigenvalue weighted by Crippen LogP contribution is 2.28. The van der Waals surface area contributed by atoms with Gasteiger partial charge < -0.3 is 21.5 Å². The Morgan fingerprint density at radius 3 is 2.68 bits per heavy atom. The molecule has 2 aliphatic rings. The minimum Gasteiger partial charge on any atom is -0.478 e. The first kappa shape index (κ1) is 25.4. The maximum Gasteiger partial charge on any atom is 0.335 e. The van der Waals surface area contributed by atoms with E-state index in [2.05, 4.69) is 49.9 Å². The number of carbonyl (C=O) groups is 1. The summed E-state index contributed by atoms with van der Waals surface area (Å²) >= 11 is 0. The molecule has 4 rings (SSSR count). The number of hydrogen-bond acceptors (Lipinski definition) is 5. The van der Waals surface area contributed by atoms with Crippen molar-refractivity contribution in [3.8, 4) is 0 Å². The van der Waals surface area contributed by atoms with Crippen LogP contribution in [0, 0.1) is 5.92 Å². The Morgan fingerprint density at radius 2 is 2.03 bits per heavy atom. The lowest BCUT2D eigenvalue weighted by Gasteiger charge is -2.33. The van der Waals surface area contributed by atoms with Gasteiger partial charge in [-0.15, -0.1) is 0 Å². The van der Waals surface area contributed by atoms with Crippen LogP contribution in [0.2, 0.25) is 6.32 Å². The number of nitrogens with zero attached hydrogens (tertiary/aromatic N) is 1. The highest BCUT2D eigenvalue weighted by Gasteiger charge is 2.32. The summed E-state index contributed by atoms with van der Waals surface area (Å²) in [5, 5.41) is 16.2. The summed E-state index contributed by atoms with van der Waals surface area (Å²) < 4.78 is 0. The van der Waals surface area contributed by atoms with Crippen molar-refractivity contribution in [1.82, 2.24) is 5.32 Å². The second kappa shape index (κ2) is 11.3. The monoisotopic (exact) mass is 460 g/mol. The van der Waals surface area contributed by atoms with Crippen molar-refractivity contribution in [2.45, 2.75) is 65.7 Å². The summed E-state index contributed by atoms with van der Waals surface area (Å²) in [6, 6.07) is 11.7. The fourth-order valence-electron chi connectivity index (χ4n) is 4.35. The third-order valence-electron chi connectivity index (χ3n) is 6.82. The molecule has 2 heterocycles. The number of guanidine groups is 1. The van der Waals surface area contributed by atoms with Gasteiger partial charge >= 0.3 is 5.97 Å². The van der Waals surface area contributed by atoms with E-state index in [1.165, 1.54) is 6.42 Å². The molecule has 0 fully saturated rings. The van der Waals surface area contributed by atoms with E-state index >= 15 is 0 Å². The van der Waals surface area contributed by atoms with Crippen LogP contribution in [0.3, 0.4) is 0 Å². The Morgan fingerprint density at radius 1 is 1.29 bits per heavy atom. The van der Waals surface area contributed by atoms with E-state index in [1.54, 1.807) is 6.07 Å². The number of benzene rings is 2. The molecule has 0 aliphatic carbocycles. The van der Waals surface area contributed by atoms with E-state index in [-0.39, 0.29) is 5.94 Å². The molecule has 34 heavy (non-hydrogen) atoms. The number of fused-ring (bicyclic) bond motifs is 2. The number of nitrogens with one attached hydrogen (secondary N) is 2. The predicted octanol–water partition coefficient (Wildman–Crippen LogP) is 5.00. The van der Waals surface area contributed by atoms with Crippen LogP contribution < -0.4 is 16.4 Å². The molecule has 5 N–H and O–H groups in total. The van der Waals surface area contributed by atoms with Crippen molar-refractivity contribution in [3.05, 3.63) is 70.8 Å². The van der Waals surface area contributed by atoms with Crippen molar-refractivity contribution in [2.75, 3.05) is 5.32 Å². The minimum atomic E-state index is -0.850. The van der Waals surface area contributed by atoms with Gasteiger partial charge in [-0.25, -0.2) is 9.79 Å². The molecule has 7 heteroatoms. The van der Waals surface area contributed by atoms with Gasteiger partial charge in [0.05, 0.1) is 12.1 Å². The molecule has 6 nitrogen and oxygen atoms in total. The number of carboxylic acids is 1. The van der Waals surface area contributed by atoms with E-state index in [9.17, 15) is 9.90 Å². The molecule has 180 valence electrons. The van der Waals surface area contributed by atoms with Crippen LogP contribution in [0.4, 0.5) is 5.69 Å². The Kier molecular flexibility index (Phi) is 8.43. The number of nitrogens with two attached hydrogens (primary N) is 1. The molecule has 0 radical (unpaired) electrons. The lowest BCUT2D eigenvalue weighted by molar-refractivity contribution is 0.0695. The zero-order valence-electron chi connectivity index (χ0n) is 20.8. The number of hydrogen-bond donors (Lipinski definition) is 4. The highest BCUT2D eigenvalue weighted by molar-refractivity contribution is 6.60. The summed E-state index contributed by atoms with van der Waals surface area (Å²) in [5.41, 5.74) is 12.2. The Balaban J connectivity index is 0.000000588. The second-order valence-electron chi connectivity index (χ2n) is 9.55. The minimum absolute atomic E-state index is 0.208. The van der Waals surface area contributed by atoms with Gasteiger partial charge in [0.25, 0.3) is 0 Å². The molecule has 0 saturated carbocycles. The molecule has 0 spiro atoms. The Labute approximate surface area is 203 Å². The lowest BCUT2D eigenvalue weighted by atomic mass is 9.36. The first-order valence-electron chi connectivity index (χ1n) is 12.2. The van der Waals surface area contributed by atoms with Gasteiger partial charge in [0.2, 0.25) is 0 Å². The number of carboxylic acid groups (broad SMARTS) is 1. The standard InChI is InChI=1S/C22H25BN4O2.C5H12/c1-3-23-11-18-15(5-4-6-17(18)21(28)29)10-20(23)26-13(2)14-7-8-16-12-25-22(24)27-19(16)9-14;1-4-5(2)3/h4-9,20,26H,2-3,10-12H2,1H3,(H,28,29)(H3,24,25,27);5H,4H2,1-3H3. The molecule has 2 aromatic rings. The van der Waals surface area contributed by atoms with Gasteiger partial charge in [0, 0.05) is 17.3 Å². The van der Waals surface area contributed by atoms with Crippen molar-refractivity contribution < 1.29 is 9.90 Å². The zero-order valence-corrected chi connectivity index (χ0v) is 20.8. The summed E-state index contributed by atoms with van der Waals surface area (Å²) in [6.45, 7) is 14.0. The Hall–Kier alpha value is -3.22. The number of aromatic carboxylic acids is 1. The lowest BCUT2D eigenvalue weighted by Crippen LogP contribution is -2.48. The number of anilines is 1. The van der Waals surface area contributed by atoms with E-state index < -0.39 is 5.97 Å². The summed E-state index contributed by atoms with van der Waals surface area (Å²) in [5.74, 6) is 0.670. The van der Waals surface area contributed by atoms with Crippen LogP contribution >= 0.6 is 0 Å². The first-order valence-corrected chi connectivity index (χ1v) is 12.2. The maximum absolute atomic E-state index is 11.6. The second-order valence-corrected chi connectivity index (χ2v) is 9.55. The van der Waals surface area contributed by atoms with Gasteiger partial charge in [-0.3, -0.25) is 0 Å². The van der Waals surface area contributed by atoms with Crippen LogP contribution in [-0.4, -0.2) is 29.7 Å². The molecule has 0 aromatic heterocycles. The number of aliphatic imine (C=N–C) groups is 1. The van der Waals surface area contributed by atoms with E-state index in [0.29, 0.717) is 24.8 Å². The third-order valence-corrected chi connectivity index (χ3v) is 6.82. The van der Waals surface area contributed by atoms with Gasteiger partial charge in [-0.2, -0.15) is 0 Å². The fourth-order valence-corrected chi connectivity index (χ4v) is 4.35. The fraction of sp³-hybridized carbons (Fsp3) is 0.407. The Bertz CT molecular complexity index is 1080. The average Bonchev–Trinajstić information content (AvgIpc) is 2.82. The van der Waals surface area contributed by atoms with Crippen LogP contribution in [0.25, 0.3) is 5.70 Å². The molecule has 1 atom stereocenters. The summed E-state index contributed by atoms with van der Waals surface area (Å²) in [4.78, 5) is 15.8. The highest BCUT2D eigenvalue weighted by atomic mass is 16.4. The van der Waals surface area contributed by atoms with E-state index in [1.807, 2.05) is 30.3 Å². The largest absolute Gasteiger partial charge is 0.478 e. The molecule has 0 amide bonds.